The van der Waals surface area contributed by atoms with Crippen molar-refractivity contribution in [1.29, 1.82) is 0 Å². The van der Waals surface area contributed by atoms with Crippen LogP contribution in [0.4, 0.5) is 0 Å². The van der Waals surface area contributed by atoms with Crippen molar-refractivity contribution in [3.8, 4) is 0 Å². The van der Waals surface area contributed by atoms with E-state index in [9.17, 15) is 9.59 Å². The van der Waals surface area contributed by atoms with Gasteiger partial charge < -0.3 is 14.6 Å². The van der Waals surface area contributed by atoms with E-state index in [2.05, 4.69) is 9.97 Å². The van der Waals surface area contributed by atoms with Crippen molar-refractivity contribution < 1.29 is 9.53 Å². The van der Waals surface area contributed by atoms with Crippen molar-refractivity contribution in [2.45, 2.75) is 25.7 Å². The van der Waals surface area contributed by atoms with Crippen LogP contribution in [-0.4, -0.2) is 47.1 Å². The summed E-state index contributed by atoms with van der Waals surface area (Å²) in [4.78, 5) is 32.4. The minimum Gasteiger partial charge on any atom is -0.381 e. The van der Waals surface area contributed by atoms with E-state index in [4.69, 9.17) is 17.0 Å². The normalized spacial score (nSPS) is 23.9. The van der Waals surface area contributed by atoms with Gasteiger partial charge in [0.15, 0.2) is 4.77 Å². The summed E-state index contributed by atoms with van der Waals surface area (Å²) < 4.78 is 5.95. The zero-order chi connectivity index (χ0) is 17.4. The molecule has 0 saturated carbocycles. The number of hydrogen-bond donors (Lipinski definition) is 2. The third-order valence-corrected chi connectivity index (χ3v) is 5.54. The highest BCUT2D eigenvalue weighted by Crippen LogP contribution is 2.37. The first kappa shape index (κ1) is 16.5. The molecule has 1 amide bonds. The third kappa shape index (κ3) is 3.14. The lowest BCUT2D eigenvalue weighted by Gasteiger charge is -2.44. The predicted molar refractivity (Wildman–Crippen MR) is 97.4 cm³/mol. The largest absolute Gasteiger partial charge is 0.381 e. The van der Waals surface area contributed by atoms with Gasteiger partial charge in [-0.25, -0.2) is 0 Å². The number of nitrogens with zero attached hydrogens (tertiary/aromatic N) is 1. The van der Waals surface area contributed by atoms with Crippen LogP contribution in [0, 0.1) is 10.2 Å². The number of fused-ring (bicyclic) bond motifs is 1. The lowest BCUT2D eigenvalue weighted by atomic mass is 9.75. The zero-order valence-electron chi connectivity index (χ0n) is 14.0. The second-order valence-corrected chi connectivity index (χ2v) is 7.56. The van der Waals surface area contributed by atoms with Crippen LogP contribution in [0.15, 0.2) is 23.0 Å². The van der Waals surface area contributed by atoms with Gasteiger partial charge in [0.1, 0.15) is 0 Å². The molecule has 2 aliphatic heterocycles. The van der Waals surface area contributed by atoms with Gasteiger partial charge in [-0.2, -0.15) is 0 Å². The summed E-state index contributed by atoms with van der Waals surface area (Å²) >= 11 is 5.02. The Balaban J connectivity index is 1.63. The molecule has 3 heterocycles. The van der Waals surface area contributed by atoms with Crippen LogP contribution in [-0.2, 0) is 4.74 Å². The molecular weight excluding hydrogens is 338 g/mol. The molecule has 2 saturated heterocycles. The van der Waals surface area contributed by atoms with Gasteiger partial charge in [0.2, 0.25) is 0 Å². The van der Waals surface area contributed by atoms with Crippen LogP contribution in [0.2, 0.25) is 0 Å². The van der Waals surface area contributed by atoms with Crippen molar-refractivity contribution in [3.05, 3.63) is 38.9 Å². The van der Waals surface area contributed by atoms with Gasteiger partial charge in [-0.3, -0.25) is 14.6 Å². The monoisotopic (exact) mass is 359 g/mol. The smallest absolute Gasteiger partial charge is 0.259 e. The number of ether oxygens (including phenoxy) is 1. The molecule has 2 aliphatic rings. The van der Waals surface area contributed by atoms with E-state index in [1.165, 1.54) is 0 Å². The Morgan fingerprint density at radius 1 is 1.24 bits per heavy atom. The molecule has 132 valence electrons. The summed E-state index contributed by atoms with van der Waals surface area (Å²) in [7, 11) is 0. The van der Waals surface area contributed by atoms with Crippen molar-refractivity contribution in [2.75, 3.05) is 26.3 Å². The summed E-state index contributed by atoms with van der Waals surface area (Å²) in [5.74, 6) is 0.00569. The van der Waals surface area contributed by atoms with E-state index in [0.29, 0.717) is 16.5 Å². The lowest BCUT2D eigenvalue weighted by molar-refractivity contribution is -0.0434. The summed E-state index contributed by atoms with van der Waals surface area (Å²) in [5.41, 5.74) is 1.04. The van der Waals surface area contributed by atoms with Gasteiger partial charge >= 0.3 is 0 Å². The van der Waals surface area contributed by atoms with Gasteiger partial charge in [0.05, 0.1) is 17.5 Å². The number of aromatic amines is 2. The van der Waals surface area contributed by atoms with Crippen LogP contribution in [0.25, 0.3) is 10.9 Å². The maximum absolute atomic E-state index is 13.0. The van der Waals surface area contributed by atoms with Crippen LogP contribution >= 0.6 is 12.2 Å². The van der Waals surface area contributed by atoms with Crippen molar-refractivity contribution in [1.82, 2.24) is 14.9 Å². The first-order valence-electron chi connectivity index (χ1n) is 8.70. The Kier molecular flexibility index (Phi) is 4.21. The zero-order valence-corrected chi connectivity index (χ0v) is 14.8. The van der Waals surface area contributed by atoms with E-state index >= 15 is 0 Å². The van der Waals surface area contributed by atoms with Gasteiger partial charge in [0, 0.05) is 30.7 Å². The Hall–Kier alpha value is -1.99. The molecule has 0 aliphatic carbocycles. The van der Waals surface area contributed by atoms with E-state index in [-0.39, 0.29) is 21.7 Å². The molecule has 25 heavy (non-hydrogen) atoms. The summed E-state index contributed by atoms with van der Waals surface area (Å²) in [6.07, 6.45) is 4.32. The number of H-pyrrole nitrogens is 2. The minimum atomic E-state index is -0.242. The molecule has 1 aromatic carbocycles. The van der Waals surface area contributed by atoms with Crippen LogP contribution in [0.1, 0.15) is 36.0 Å². The average Bonchev–Trinajstić information content (AvgIpc) is 2.61. The quantitative estimate of drug-likeness (QED) is 0.767. The molecule has 2 N–H and O–H groups in total. The van der Waals surface area contributed by atoms with Gasteiger partial charge in [-0.05, 0) is 56.1 Å². The van der Waals surface area contributed by atoms with Crippen molar-refractivity contribution >= 4 is 29.0 Å². The summed E-state index contributed by atoms with van der Waals surface area (Å²) in [5, 5.41) is 0.501. The predicted octanol–water partition coefficient (Wildman–Crippen LogP) is 2.62. The molecule has 0 radical (unpaired) electrons. The summed E-state index contributed by atoms with van der Waals surface area (Å²) in [6.45, 7) is 3.09. The highest BCUT2D eigenvalue weighted by Gasteiger charge is 2.38. The number of carbonyl (C=O) groups is 1. The van der Waals surface area contributed by atoms with Crippen LogP contribution in [0.3, 0.4) is 0 Å². The first-order valence-corrected chi connectivity index (χ1v) is 9.11. The van der Waals surface area contributed by atoms with Crippen molar-refractivity contribution in [2.24, 2.45) is 5.41 Å². The lowest BCUT2D eigenvalue weighted by Crippen LogP contribution is -2.49. The fourth-order valence-electron chi connectivity index (χ4n) is 4.10. The fraction of sp³-hybridized carbons (Fsp3) is 0.500. The molecule has 7 heteroatoms. The van der Waals surface area contributed by atoms with E-state index in [1.54, 1.807) is 18.2 Å². The molecule has 6 nitrogen and oxygen atoms in total. The average molecular weight is 359 g/mol. The van der Waals surface area contributed by atoms with E-state index < -0.39 is 0 Å². The topological polar surface area (TPSA) is 78.2 Å². The molecule has 4 rings (SSSR count). The number of nitrogens with one attached hydrogen (secondary N) is 2. The number of likely N-dealkylation sites (tertiary alicyclic amines) is 1. The van der Waals surface area contributed by atoms with Gasteiger partial charge in [-0.1, -0.05) is 0 Å². The summed E-state index contributed by atoms with van der Waals surface area (Å²) in [6, 6.07) is 5.12. The second-order valence-electron chi connectivity index (χ2n) is 7.16. The highest BCUT2D eigenvalue weighted by molar-refractivity contribution is 7.71. The minimum absolute atomic E-state index is 0.00569. The molecule has 1 atom stereocenters. The number of hydrogen-bond acceptors (Lipinski definition) is 4. The van der Waals surface area contributed by atoms with Gasteiger partial charge in [0.25, 0.3) is 11.5 Å². The fourth-order valence-corrected chi connectivity index (χ4v) is 4.30. The SMILES string of the molecule is O=C(c1ccc2c(=O)[nH]c(=S)[nH]c2c1)N1CCCC2(CCCOC2)C1. The Morgan fingerprint density at radius 2 is 2.08 bits per heavy atom. The van der Waals surface area contributed by atoms with E-state index in [0.717, 1.165) is 52.0 Å². The van der Waals surface area contributed by atoms with Crippen LogP contribution in [0.5, 0.6) is 0 Å². The molecule has 0 bridgehead atoms. The third-order valence-electron chi connectivity index (χ3n) is 5.34. The number of piperidine rings is 1. The molecule has 1 aromatic heterocycles. The molecule has 1 unspecified atom stereocenters. The standard InChI is InChI=1S/C18H21N3O3S/c22-15-13-4-3-12(9-14(13)19-17(25)20-15)16(23)21-7-1-5-18(10-21)6-2-8-24-11-18/h3-4,9H,1-2,5-8,10-11H2,(H2,19,20,22,25). The number of aromatic nitrogens is 2. The molecule has 1 spiro atoms. The Morgan fingerprint density at radius 3 is 2.88 bits per heavy atom. The maximum Gasteiger partial charge on any atom is 0.259 e. The Bertz CT molecular complexity index is 922. The number of rotatable bonds is 1. The highest BCUT2D eigenvalue weighted by atomic mass is 32.1. The number of amides is 1. The second kappa shape index (κ2) is 6.38. The van der Waals surface area contributed by atoms with Crippen molar-refractivity contribution in [3.63, 3.8) is 0 Å². The maximum atomic E-state index is 13.0. The number of carbonyl (C=O) groups excluding carboxylic acids is 1. The molecular formula is C18H21N3O3S. The number of benzene rings is 1. The molecule has 2 fully saturated rings. The van der Waals surface area contributed by atoms with Gasteiger partial charge in [-0.15, -0.1) is 0 Å². The van der Waals surface area contributed by atoms with E-state index in [1.807, 2.05) is 4.90 Å². The first-order chi connectivity index (χ1) is 12.1. The molecule has 2 aromatic rings. The van der Waals surface area contributed by atoms with Crippen LogP contribution < -0.4 is 5.56 Å². The Labute approximate surface area is 150 Å².